The number of nitriles is 1. The summed E-state index contributed by atoms with van der Waals surface area (Å²) >= 11 is 0. The van der Waals surface area contributed by atoms with Gasteiger partial charge in [0, 0.05) is 11.9 Å². The van der Waals surface area contributed by atoms with Gasteiger partial charge < -0.3 is 19.2 Å². The first kappa shape index (κ1) is 20.4. The maximum atomic E-state index is 12.5. The molecule has 7 nitrogen and oxygen atoms in total. The Hall–Kier alpha value is -4.31. The van der Waals surface area contributed by atoms with E-state index in [-0.39, 0.29) is 29.4 Å². The number of furan rings is 1. The van der Waals surface area contributed by atoms with Crippen LogP contribution < -0.4 is 14.8 Å². The van der Waals surface area contributed by atoms with Crippen molar-refractivity contribution >= 4 is 28.9 Å². The number of carbonyl (C=O) groups is 2. The number of esters is 1. The van der Waals surface area contributed by atoms with Gasteiger partial charge in [0.1, 0.15) is 17.2 Å². The zero-order valence-electron chi connectivity index (χ0n) is 16.2. The first-order chi connectivity index (χ1) is 14.5. The smallest absolute Gasteiger partial charge is 0.379 e. The molecular formula is C23H18N2O5. The van der Waals surface area contributed by atoms with E-state index in [9.17, 15) is 14.9 Å². The fourth-order valence-electron chi connectivity index (χ4n) is 2.67. The molecule has 3 rings (SSSR count). The zero-order chi connectivity index (χ0) is 21.5. The summed E-state index contributed by atoms with van der Waals surface area (Å²) in [6, 6.07) is 15.4. The van der Waals surface area contributed by atoms with Crippen LogP contribution in [0.3, 0.4) is 0 Å². The van der Waals surface area contributed by atoms with Crippen LogP contribution in [0.4, 0.5) is 0 Å². The van der Waals surface area contributed by atoms with Crippen LogP contribution in [0.1, 0.15) is 16.1 Å². The van der Waals surface area contributed by atoms with Gasteiger partial charge in [-0.2, -0.15) is 5.26 Å². The van der Waals surface area contributed by atoms with Gasteiger partial charge >= 0.3 is 5.97 Å². The molecule has 1 amide bonds. The van der Waals surface area contributed by atoms with E-state index < -0.39 is 11.9 Å². The highest BCUT2D eigenvalue weighted by atomic mass is 16.6. The van der Waals surface area contributed by atoms with Crippen LogP contribution in [-0.4, -0.2) is 25.5 Å². The third kappa shape index (κ3) is 4.56. The lowest BCUT2D eigenvalue weighted by molar-refractivity contribution is -0.116. The predicted octanol–water partition coefficient (Wildman–Crippen LogP) is 3.87. The SMILES string of the molecule is C=CCNC(=O)C(C#N)=Cc1ccc(OC(=O)c2cc3ccccc3o2)c(OC)c1. The maximum Gasteiger partial charge on any atom is 0.379 e. The van der Waals surface area contributed by atoms with Crippen LogP contribution >= 0.6 is 0 Å². The highest BCUT2D eigenvalue weighted by Crippen LogP contribution is 2.30. The van der Waals surface area contributed by atoms with E-state index in [4.69, 9.17) is 13.9 Å². The van der Waals surface area contributed by atoms with Crippen LogP contribution in [0.25, 0.3) is 17.0 Å². The molecule has 1 N–H and O–H groups in total. The minimum Gasteiger partial charge on any atom is -0.493 e. The largest absolute Gasteiger partial charge is 0.493 e. The Morgan fingerprint density at radius 3 is 2.70 bits per heavy atom. The van der Waals surface area contributed by atoms with E-state index in [0.29, 0.717) is 11.1 Å². The van der Waals surface area contributed by atoms with Gasteiger partial charge in [-0.05, 0) is 35.9 Å². The summed E-state index contributed by atoms with van der Waals surface area (Å²) in [4.78, 5) is 24.4. The molecule has 1 aromatic heterocycles. The van der Waals surface area contributed by atoms with Gasteiger partial charge in [0.25, 0.3) is 5.91 Å². The average molecular weight is 402 g/mol. The van der Waals surface area contributed by atoms with Crippen LogP contribution in [0.5, 0.6) is 11.5 Å². The molecule has 0 unspecified atom stereocenters. The number of hydrogen-bond donors (Lipinski definition) is 1. The zero-order valence-corrected chi connectivity index (χ0v) is 16.2. The van der Waals surface area contributed by atoms with Gasteiger partial charge in [0.15, 0.2) is 11.5 Å². The number of para-hydroxylation sites is 1. The van der Waals surface area contributed by atoms with E-state index in [0.717, 1.165) is 5.39 Å². The molecule has 0 radical (unpaired) electrons. The second-order valence-electron chi connectivity index (χ2n) is 6.12. The van der Waals surface area contributed by atoms with Crippen molar-refractivity contribution in [2.45, 2.75) is 0 Å². The Balaban J connectivity index is 1.82. The van der Waals surface area contributed by atoms with Gasteiger partial charge in [-0.25, -0.2) is 4.79 Å². The standard InChI is InChI=1S/C23H18N2O5/c1-3-10-25-22(26)17(14-24)11-15-8-9-19(20(12-15)28-2)30-23(27)21-13-16-6-4-5-7-18(16)29-21/h3-9,11-13H,1,10H2,2H3,(H,25,26). The fourth-order valence-corrected chi connectivity index (χ4v) is 2.67. The van der Waals surface area contributed by atoms with Gasteiger partial charge in [-0.15, -0.1) is 6.58 Å². The van der Waals surface area contributed by atoms with E-state index in [1.165, 1.54) is 25.3 Å². The average Bonchev–Trinajstić information content (AvgIpc) is 3.21. The summed E-state index contributed by atoms with van der Waals surface area (Å²) < 4.78 is 16.2. The van der Waals surface area contributed by atoms with Crippen LogP contribution in [0, 0.1) is 11.3 Å². The lowest BCUT2D eigenvalue weighted by Crippen LogP contribution is -2.24. The number of hydrogen-bond acceptors (Lipinski definition) is 6. The van der Waals surface area contributed by atoms with Crippen LogP contribution in [0.15, 0.2) is 71.2 Å². The Morgan fingerprint density at radius 2 is 2.00 bits per heavy atom. The quantitative estimate of drug-likeness (QED) is 0.212. The van der Waals surface area contributed by atoms with Gasteiger partial charge in [0.2, 0.25) is 5.76 Å². The number of carbonyl (C=O) groups excluding carboxylic acids is 2. The summed E-state index contributed by atoms with van der Waals surface area (Å²) in [5, 5.41) is 12.6. The van der Waals surface area contributed by atoms with Crippen molar-refractivity contribution in [2.75, 3.05) is 13.7 Å². The molecule has 7 heteroatoms. The summed E-state index contributed by atoms with van der Waals surface area (Å²) in [5.74, 6) is -0.689. The van der Waals surface area contributed by atoms with E-state index in [1.54, 1.807) is 24.3 Å². The van der Waals surface area contributed by atoms with Gasteiger partial charge in [-0.3, -0.25) is 4.79 Å². The molecule has 0 spiro atoms. The number of benzene rings is 2. The summed E-state index contributed by atoms with van der Waals surface area (Å²) in [5.41, 5.74) is 1.03. The van der Waals surface area contributed by atoms with Crippen molar-refractivity contribution in [2.24, 2.45) is 0 Å². The number of amides is 1. The third-order valence-electron chi connectivity index (χ3n) is 4.10. The van der Waals surface area contributed by atoms with E-state index >= 15 is 0 Å². The first-order valence-corrected chi connectivity index (χ1v) is 8.95. The summed E-state index contributed by atoms with van der Waals surface area (Å²) in [6.07, 6.45) is 2.92. The Bertz CT molecular complexity index is 1150. The Labute approximate surface area is 172 Å². The number of rotatable bonds is 7. The monoisotopic (exact) mass is 402 g/mol. The molecule has 0 saturated heterocycles. The fraction of sp³-hybridized carbons (Fsp3) is 0.0870. The molecule has 0 saturated carbocycles. The highest BCUT2D eigenvalue weighted by molar-refractivity contribution is 6.01. The molecule has 0 aliphatic carbocycles. The molecule has 0 bridgehead atoms. The lowest BCUT2D eigenvalue weighted by atomic mass is 10.1. The molecule has 0 fully saturated rings. The number of fused-ring (bicyclic) bond motifs is 1. The molecule has 0 aliphatic heterocycles. The van der Waals surface area contributed by atoms with Crippen molar-refractivity contribution in [3.63, 3.8) is 0 Å². The summed E-state index contributed by atoms with van der Waals surface area (Å²) in [7, 11) is 1.42. The minimum atomic E-state index is -0.672. The molecule has 1 heterocycles. The minimum absolute atomic E-state index is 0.0629. The number of nitrogens with zero attached hydrogens (tertiary/aromatic N) is 1. The lowest BCUT2D eigenvalue weighted by Gasteiger charge is -2.09. The van der Waals surface area contributed by atoms with Crippen molar-refractivity contribution in [1.82, 2.24) is 5.32 Å². The van der Waals surface area contributed by atoms with Crippen molar-refractivity contribution in [3.8, 4) is 17.6 Å². The van der Waals surface area contributed by atoms with Crippen molar-refractivity contribution in [3.05, 3.63) is 78.1 Å². The Kier molecular flexibility index (Phi) is 6.30. The topological polar surface area (TPSA) is 102 Å². The van der Waals surface area contributed by atoms with Crippen LogP contribution in [0.2, 0.25) is 0 Å². The number of nitrogens with one attached hydrogen (secondary N) is 1. The van der Waals surface area contributed by atoms with Crippen molar-refractivity contribution in [1.29, 1.82) is 5.26 Å². The summed E-state index contributed by atoms with van der Waals surface area (Å²) in [6.45, 7) is 3.76. The molecule has 30 heavy (non-hydrogen) atoms. The second-order valence-corrected chi connectivity index (χ2v) is 6.12. The van der Waals surface area contributed by atoms with Crippen LogP contribution in [-0.2, 0) is 4.79 Å². The molecule has 0 atom stereocenters. The van der Waals surface area contributed by atoms with Crippen molar-refractivity contribution < 1.29 is 23.5 Å². The molecular weight excluding hydrogens is 384 g/mol. The van der Waals surface area contributed by atoms with Gasteiger partial charge in [0.05, 0.1) is 7.11 Å². The maximum absolute atomic E-state index is 12.5. The predicted molar refractivity (Wildman–Crippen MR) is 111 cm³/mol. The van der Waals surface area contributed by atoms with E-state index in [2.05, 4.69) is 11.9 Å². The first-order valence-electron chi connectivity index (χ1n) is 8.95. The molecule has 2 aromatic carbocycles. The molecule has 3 aromatic rings. The van der Waals surface area contributed by atoms with Gasteiger partial charge in [-0.1, -0.05) is 30.3 Å². The van der Waals surface area contributed by atoms with E-state index in [1.807, 2.05) is 24.3 Å². The molecule has 0 aliphatic rings. The second kappa shape index (κ2) is 9.26. The third-order valence-corrected chi connectivity index (χ3v) is 4.10. The highest BCUT2D eigenvalue weighted by Gasteiger charge is 2.17. The number of ether oxygens (including phenoxy) is 2. The number of methoxy groups -OCH3 is 1. The Morgan fingerprint density at radius 1 is 1.20 bits per heavy atom. The normalized spacial score (nSPS) is 10.9. The molecule has 150 valence electrons.